The molecule has 0 aromatic heterocycles. The molecule has 0 radical (unpaired) electrons. The Kier molecular flexibility index (Phi) is 10.7. The molecule has 35 heavy (non-hydrogen) atoms. The molecule has 11 heteroatoms. The molecule has 196 valence electrons. The molecular formula is C24H38N4O6S. The van der Waals surface area contributed by atoms with Crippen molar-refractivity contribution >= 4 is 27.8 Å². The van der Waals surface area contributed by atoms with E-state index in [0.29, 0.717) is 12.3 Å². The van der Waals surface area contributed by atoms with Gasteiger partial charge in [0.2, 0.25) is 21.8 Å². The summed E-state index contributed by atoms with van der Waals surface area (Å²) in [5.41, 5.74) is 0.785. The molecule has 1 aromatic carbocycles. The third-order valence-corrected chi connectivity index (χ3v) is 7.53. The van der Waals surface area contributed by atoms with Gasteiger partial charge >= 0.3 is 5.97 Å². The SMILES string of the molecule is CC(C)(C)c1ccc(S(=O)(=O)N[C@@H](CNC(=O)CCNC(=O)CCC2CCNCC2)C(=O)O)cc1. The van der Waals surface area contributed by atoms with Crippen molar-refractivity contribution in [3.05, 3.63) is 29.8 Å². The molecule has 0 spiro atoms. The van der Waals surface area contributed by atoms with Crippen molar-refractivity contribution in [2.45, 2.75) is 69.2 Å². The van der Waals surface area contributed by atoms with E-state index in [1.807, 2.05) is 20.8 Å². The Morgan fingerprint density at radius 1 is 1.03 bits per heavy atom. The molecule has 0 unspecified atom stereocenters. The van der Waals surface area contributed by atoms with E-state index in [2.05, 4.69) is 20.7 Å². The lowest BCUT2D eigenvalue weighted by Gasteiger charge is -2.22. The van der Waals surface area contributed by atoms with Crippen LogP contribution in [0.4, 0.5) is 0 Å². The van der Waals surface area contributed by atoms with Crippen LogP contribution in [0.25, 0.3) is 0 Å². The van der Waals surface area contributed by atoms with Crippen LogP contribution in [-0.2, 0) is 29.8 Å². The number of piperidine rings is 1. The van der Waals surface area contributed by atoms with Crippen LogP contribution in [0.2, 0.25) is 0 Å². The molecule has 1 saturated heterocycles. The Hall–Kier alpha value is -2.50. The summed E-state index contributed by atoms with van der Waals surface area (Å²) in [5.74, 6) is -1.47. The summed E-state index contributed by atoms with van der Waals surface area (Å²) in [6.45, 7) is 7.65. The number of carbonyl (C=O) groups is 3. The van der Waals surface area contributed by atoms with Gasteiger partial charge in [-0.15, -0.1) is 0 Å². The average Bonchev–Trinajstić information content (AvgIpc) is 2.80. The van der Waals surface area contributed by atoms with Crippen LogP contribution < -0.4 is 20.7 Å². The van der Waals surface area contributed by atoms with Gasteiger partial charge < -0.3 is 21.1 Å². The number of carboxylic acids is 1. The lowest BCUT2D eigenvalue weighted by molar-refractivity contribution is -0.138. The minimum Gasteiger partial charge on any atom is -0.480 e. The highest BCUT2D eigenvalue weighted by Gasteiger charge is 2.26. The molecule has 0 aliphatic carbocycles. The molecule has 0 bridgehead atoms. The zero-order valence-corrected chi connectivity index (χ0v) is 21.5. The number of sulfonamides is 1. The second kappa shape index (κ2) is 13.0. The van der Waals surface area contributed by atoms with Crippen LogP contribution in [0.5, 0.6) is 0 Å². The van der Waals surface area contributed by atoms with Gasteiger partial charge in [0, 0.05) is 25.9 Å². The summed E-state index contributed by atoms with van der Waals surface area (Å²) in [6, 6.07) is 4.69. The van der Waals surface area contributed by atoms with Gasteiger partial charge in [0.1, 0.15) is 6.04 Å². The summed E-state index contributed by atoms with van der Waals surface area (Å²) in [4.78, 5) is 35.6. The summed E-state index contributed by atoms with van der Waals surface area (Å²) in [6.07, 6.45) is 3.32. The highest BCUT2D eigenvalue weighted by Crippen LogP contribution is 2.23. The molecule has 1 aliphatic rings. The van der Waals surface area contributed by atoms with Crippen molar-refractivity contribution in [1.82, 2.24) is 20.7 Å². The number of hydrogen-bond donors (Lipinski definition) is 5. The Labute approximate surface area is 207 Å². The fourth-order valence-electron chi connectivity index (χ4n) is 3.78. The van der Waals surface area contributed by atoms with Gasteiger partial charge in [-0.1, -0.05) is 32.9 Å². The first kappa shape index (κ1) is 28.7. The molecule has 10 nitrogen and oxygen atoms in total. The highest BCUT2D eigenvalue weighted by atomic mass is 32.2. The first-order valence-electron chi connectivity index (χ1n) is 12.0. The first-order valence-corrected chi connectivity index (χ1v) is 13.5. The van der Waals surface area contributed by atoms with Crippen molar-refractivity contribution in [3.63, 3.8) is 0 Å². The van der Waals surface area contributed by atoms with Crippen molar-refractivity contribution in [1.29, 1.82) is 0 Å². The van der Waals surface area contributed by atoms with E-state index in [1.54, 1.807) is 12.1 Å². The third kappa shape index (κ3) is 9.95. The predicted octanol–water partition coefficient (Wildman–Crippen LogP) is 1.12. The number of nitrogens with one attached hydrogen (secondary N) is 4. The van der Waals surface area contributed by atoms with Crippen LogP contribution in [0, 0.1) is 5.92 Å². The topological polar surface area (TPSA) is 154 Å². The maximum Gasteiger partial charge on any atom is 0.323 e. The summed E-state index contributed by atoms with van der Waals surface area (Å²) >= 11 is 0. The Balaban J connectivity index is 1.77. The van der Waals surface area contributed by atoms with Gasteiger partial charge in [-0.3, -0.25) is 14.4 Å². The molecule has 2 rings (SSSR count). The smallest absolute Gasteiger partial charge is 0.323 e. The third-order valence-electron chi connectivity index (χ3n) is 6.04. The van der Waals surface area contributed by atoms with E-state index in [4.69, 9.17) is 0 Å². The highest BCUT2D eigenvalue weighted by molar-refractivity contribution is 7.89. The summed E-state index contributed by atoms with van der Waals surface area (Å²) in [5, 5.41) is 17.8. The molecular weight excluding hydrogens is 472 g/mol. The van der Waals surface area contributed by atoms with E-state index in [0.717, 1.165) is 37.9 Å². The van der Waals surface area contributed by atoms with E-state index in [9.17, 15) is 27.9 Å². The van der Waals surface area contributed by atoms with Gasteiger partial charge in [-0.05, 0) is 61.4 Å². The van der Waals surface area contributed by atoms with Gasteiger partial charge in [-0.2, -0.15) is 4.72 Å². The normalized spacial score (nSPS) is 15.9. The molecule has 2 amide bonds. The van der Waals surface area contributed by atoms with Crippen LogP contribution in [-0.4, -0.2) is 63.5 Å². The van der Waals surface area contributed by atoms with Crippen LogP contribution in [0.15, 0.2) is 29.2 Å². The molecule has 5 N–H and O–H groups in total. The monoisotopic (exact) mass is 510 g/mol. The molecule has 1 aliphatic heterocycles. The quantitative estimate of drug-likeness (QED) is 0.282. The largest absolute Gasteiger partial charge is 0.480 e. The van der Waals surface area contributed by atoms with Crippen molar-refractivity contribution < 1.29 is 27.9 Å². The maximum absolute atomic E-state index is 12.6. The van der Waals surface area contributed by atoms with Crippen LogP contribution in [0.1, 0.15) is 58.4 Å². The Morgan fingerprint density at radius 3 is 2.20 bits per heavy atom. The van der Waals surface area contributed by atoms with Gasteiger partial charge in [0.25, 0.3) is 0 Å². The van der Waals surface area contributed by atoms with Crippen molar-refractivity contribution in [3.8, 4) is 0 Å². The van der Waals surface area contributed by atoms with E-state index in [1.165, 1.54) is 12.1 Å². The average molecular weight is 511 g/mol. The second-order valence-corrected chi connectivity index (χ2v) is 11.6. The van der Waals surface area contributed by atoms with Gasteiger partial charge in [-0.25, -0.2) is 8.42 Å². The Bertz CT molecular complexity index is 967. The second-order valence-electron chi connectivity index (χ2n) is 9.92. The Morgan fingerprint density at radius 2 is 1.63 bits per heavy atom. The minimum atomic E-state index is -4.10. The van der Waals surface area contributed by atoms with Crippen LogP contribution in [0.3, 0.4) is 0 Å². The van der Waals surface area contributed by atoms with Crippen molar-refractivity contribution in [2.24, 2.45) is 5.92 Å². The lowest BCUT2D eigenvalue weighted by atomic mass is 9.87. The number of aliphatic carboxylic acids is 1. The number of benzene rings is 1. The lowest BCUT2D eigenvalue weighted by Crippen LogP contribution is -2.48. The van der Waals surface area contributed by atoms with Gasteiger partial charge in [0.15, 0.2) is 0 Å². The number of rotatable bonds is 12. The number of carbonyl (C=O) groups excluding carboxylic acids is 2. The fraction of sp³-hybridized carbons (Fsp3) is 0.625. The van der Waals surface area contributed by atoms with E-state index < -0.39 is 34.5 Å². The number of carboxylic acid groups (broad SMARTS) is 1. The number of hydrogen-bond acceptors (Lipinski definition) is 6. The summed E-state index contributed by atoms with van der Waals surface area (Å²) < 4.78 is 27.4. The molecule has 1 fully saturated rings. The first-order chi connectivity index (χ1) is 16.4. The molecule has 1 heterocycles. The molecule has 1 atom stereocenters. The van der Waals surface area contributed by atoms with Crippen molar-refractivity contribution in [2.75, 3.05) is 26.2 Å². The van der Waals surface area contributed by atoms with E-state index >= 15 is 0 Å². The molecule has 1 aromatic rings. The van der Waals surface area contributed by atoms with E-state index in [-0.39, 0.29) is 29.2 Å². The zero-order chi connectivity index (χ0) is 26.1. The fourth-order valence-corrected chi connectivity index (χ4v) is 4.97. The number of amides is 2. The maximum atomic E-state index is 12.6. The van der Waals surface area contributed by atoms with Crippen LogP contribution >= 0.6 is 0 Å². The predicted molar refractivity (Wildman–Crippen MR) is 132 cm³/mol. The molecule has 0 saturated carbocycles. The standard InChI is InChI=1S/C24H38N4O6S/c1-24(2,3)18-5-7-19(8-6-18)35(33,34)28-20(23(31)32)16-27-22(30)12-15-26-21(29)9-4-17-10-13-25-14-11-17/h5-8,17,20,25,28H,4,9-16H2,1-3H3,(H,26,29)(H,27,30)(H,31,32)/t20-/m0/s1. The van der Waals surface area contributed by atoms with Gasteiger partial charge in [0.05, 0.1) is 4.90 Å². The summed E-state index contributed by atoms with van der Waals surface area (Å²) in [7, 11) is -4.10. The zero-order valence-electron chi connectivity index (χ0n) is 20.7. The minimum absolute atomic E-state index is 0.0353.